The van der Waals surface area contributed by atoms with Crippen molar-refractivity contribution in [2.45, 2.75) is 12.5 Å². The predicted octanol–water partition coefficient (Wildman–Crippen LogP) is 0.985. The number of amides is 3. The van der Waals surface area contributed by atoms with E-state index in [1.807, 2.05) is 4.90 Å². The summed E-state index contributed by atoms with van der Waals surface area (Å²) in [4.78, 5) is 27.2. The largest absolute Gasteiger partial charge is 0.474 e. The van der Waals surface area contributed by atoms with Crippen LogP contribution in [0.3, 0.4) is 0 Å². The van der Waals surface area contributed by atoms with E-state index in [0.29, 0.717) is 37.4 Å². The molecule has 30 heavy (non-hydrogen) atoms. The molecule has 2 aliphatic rings. The fraction of sp³-hybridized carbons (Fsp3) is 0.500. The number of cyclic esters (lactones) is 1. The summed E-state index contributed by atoms with van der Waals surface area (Å²) >= 11 is 4.90. The minimum absolute atomic E-state index is 0.209. The van der Waals surface area contributed by atoms with Crippen LogP contribution in [0.1, 0.15) is 6.42 Å². The number of thiocarbonyl (C=S) groups is 1. The topological polar surface area (TPSA) is 98.4 Å². The Morgan fingerprint density at radius 3 is 2.93 bits per heavy atom. The van der Waals surface area contributed by atoms with Gasteiger partial charge in [0, 0.05) is 20.1 Å². The normalized spacial score (nSPS) is 19.2. The van der Waals surface area contributed by atoms with E-state index in [1.54, 1.807) is 19.2 Å². The lowest BCUT2D eigenvalue weighted by Gasteiger charge is -2.25. The molecule has 0 aliphatic carbocycles. The molecule has 0 bridgehead atoms. The molecule has 0 radical (unpaired) electrons. The number of rotatable bonds is 4. The number of carbonyl (C=O) groups excluding carboxylic acids is 2. The highest BCUT2D eigenvalue weighted by Crippen LogP contribution is 2.28. The first-order valence-electron chi connectivity index (χ1n) is 9.50. The monoisotopic (exact) mass is 440 g/mol. The van der Waals surface area contributed by atoms with Gasteiger partial charge in [-0.2, -0.15) is 0 Å². The van der Waals surface area contributed by atoms with E-state index in [-0.39, 0.29) is 24.4 Å². The van der Waals surface area contributed by atoms with Crippen molar-refractivity contribution in [2.24, 2.45) is 0 Å². The third-order valence-corrected chi connectivity index (χ3v) is 5.15. The first kappa shape index (κ1) is 21.8. The molecule has 1 atom stereocenters. The quantitative estimate of drug-likeness (QED) is 0.597. The maximum absolute atomic E-state index is 14.9. The van der Waals surface area contributed by atoms with Crippen LogP contribution in [0, 0.1) is 5.82 Å². The molecule has 0 aromatic heterocycles. The van der Waals surface area contributed by atoms with Crippen molar-refractivity contribution in [3.8, 4) is 0 Å². The van der Waals surface area contributed by atoms with E-state index in [2.05, 4.69) is 16.1 Å². The fourth-order valence-electron chi connectivity index (χ4n) is 3.29. The van der Waals surface area contributed by atoms with Crippen molar-refractivity contribution < 1.29 is 23.5 Å². The summed E-state index contributed by atoms with van der Waals surface area (Å²) in [6, 6.07) is 4.38. The predicted molar refractivity (Wildman–Crippen MR) is 113 cm³/mol. The van der Waals surface area contributed by atoms with E-state index < -0.39 is 18.0 Å². The highest BCUT2D eigenvalue weighted by molar-refractivity contribution is 7.80. The van der Waals surface area contributed by atoms with Gasteiger partial charge >= 0.3 is 12.1 Å². The highest BCUT2D eigenvalue weighted by atomic mass is 32.1. The molecule has 164 valence electrons. The molecule has 2 aliphatic heterocycles. The number of ether oxygens (including phenoxy) is 2. The lowest BCUT2D eigenvalue weighted by Crippen LogP contribution is -2.49. The molecule has 0 spiro atoms. The van der Waals surface area contributed by atoms with E-state index in [4.69, 9.17) is 21.7 Å². The lowest BCUT2D eigenvalue weighted by atomic mass is 10.2. The number of nitrogens with one attached hydrogen (secondary N) is 3. The second kappa shape index (κ2) is 9.76. The summed E-state index contributed by atoms with van der Waals surface area (Å²) in [5.41, 5.74) is 3.79. The summed E-state index contributed by atoms with van der Waals surface area (Å²) in [7, 11) is 3.00. The molecule has 3 rings (SSSR count). The van der Waals surface area contributed by atoms with Gasteiger partial charge in [0.05, 0.1) is 38.2 Å². The molecule has 2 fully saturated rings. The van der Waals surface area contributed by atoms with Gasteiger partial charge in [-0.3, -0.25) is 9.91 Å². The second-order valence-electron chi connectivity index (χ2n) is 6.76. The van der Waals surface area contributed by atoms with Gasteiger partial charge in [0.2, 0.25) is 0 Å². The highest BCUT2D eigenvalue weighted by Gasteiger charge is 2.33. The second-order valence-corrected chi connectivity index (χ2v) is 7.14. The van der Waals surface area contributed by atoms with E-state index in [9.17, 15) is 14.0 Å². The van der Waals surface area contributed by atoms with E-state index >= 15 is 0 Å². The first-order valence-corrected chi connectivity index (χ1v) is 9.91. The number of hydrogen-bond donors (Lipinski definition) is 3. The lowest BCUT2D eigenvalue weighted by molar-refractivity contribution is 0.142. The van der Waals surface area contributed by atoms with Crippen molar-refractivity contribution in [1.82, 2.24) is 21.1 Å². The maximum Gasteiger partial charge on any atom is 0.414 e. The van der Waals surface area contributed by atoms with Crippen LogP contribution in [0.2, 0.25) is 0 Å². The van der Waals surface area contributed by atoms with Crippen LogP contribution < -0.4 is 25.9 Å². The third-order valence-electron chi connectivity index (χ3n) is 4.84. The molecular formula is C18H25FN6O4S. The Morgan fingerprint density at radius 2 is 2.23 bits per heavy atom. The van der Waals surface area contributed by atoms with Crippen LogP contribution in [-0.2, 0) is 9.47 Å². The minimum Gasteiger partial charge on any atom is -0.474 e. The van der Waals surface area contributed by atoms with Gasteiger partial charge < -0.3 is 25.0 Å². The smallest absolute Gasteiger partial charge is 0.414 e. The molecule has 10 nitrogen and oxygen atoms in total. The Labute approximate surface area is 179 Å². The van der Waals surface area contributed by atoms with Crippen molar-refractivity contribution >= 4 is 40.9 Å². The average molecular weight is 441 g/mol. The number of nitrogens with zero attached hydrogens (tertiary/aromatic N) is 3. The Bertz CT molecular complexity index is 813. The Morgan fingerprint density at radius 1 is 1.43 bits per heavy atom. The number of halogens is 1. The van der Waals surface area contributed by atoms with Gasteiger partial charge in [0.1, 0.15) is 11.9 Å². The molecule has 0 saturated carbocycles. The van der Waals surface area contributed by atoms with Gasteiger partial charge in [0.15, 0.2) is 0 Å². The number of urea groups is 1. The SMILES string of the molecule is CNC(=O)N1CCCN(c2ccc(N3C[C@H](CNC(=S)OC)OC3=O)cc2F)CN1. The number of benzene rings is 1. The van der Waals surface area contributed by atoms with Crippen molar-refractivity contribution in [3.05, 3.63) is 24.0 Å². The summed E-state index contributed by atoms with van der Waals surface area (Å²) in [5.74, 6) is -0.461. The van der Waals surface area contributed by atoms with Crippen LogP contribution >= 0.6 is 12.2 Å². The number of hydrazine groups is 1. The fourth-order valence-corrected chi connectivity index (χ4v) is 3.37. The molecule has 3 amide bonds. The molecule has 2 heterocycles. The molecule has 1 aromatic carbocycles. The Hall–Kier alpha value is -2.86. The standard InChI is InChI=1S/C18H25FN6O4S/c1-20-16(26)25-7-3-6-23(11-22-25)15-5-4-12(8-14(15)19)24-10-13(29-18(24)27)9-21-17(30)28-2/h4-5,8,13,22H,3,6-7,9-11H2,1-2H3,(H,20,26)(H,21,30)/t13-/m0/s1. The van der Waals surface area contributed by atoms with Crippen molar-refractivity contribution in [2.75, 3.05) is 56.8 Å². The van der Waals surface area contributed by atoms with Crippen LogP contribution in [0.5, 0.6) is 0 Å². The zero-order valence-corrected chi connectivity index (χ0v) is 17.6. The number of anilines is 2. The molecule has 3 N–H and O–H groups in total. The van der Waals surface area contributed by atoms with Gasteiger partial charge in [-0.05, 0) is 36.8 Å². The number of methoxy groups -OCH3 is 1. The van der Waals surface area contributed by atoms with Gasteiger partial charge in [-0.1, -0.05) is 0 Å². The van der Waals surface area contributed by atoms with E-state index in [1.165, 1.54) is 23.1 Å². The van der Waals surface area contributed by atoms with Crippen LogP contribution in [0.15, 0.2) is 18.2 Å². The van der Waals surface area contributed by atoms with Gasteiger partial charge in [-0.15, -0.1) is 0 Å². The van der Waals surface area contributed by atoms with Crippen LogP contribution in [0.4, 0.5) is 25.4 Å². The minimum atomic E-state index is -0.546. The average Bonchev–Trinajstić information content (AvgIpc) is 2.96. The summed E-state index contributed by atoms with van der Waals surface area (Å²) in [5, 5.41) is 7.07. The molecular weight excluding hydrogens is 415 g/mol. The van der Waals surface area contributed by atoms with Gasteiger partial charge in [-0.25, -0.2) is 19.4 Å². The van der Waals surface area contributed by atoms with Crippen molar-refractivity contribution in [3.63, 3.8) is 0 Å². The van der Waals surface area contributed by atoms with Gasteiger partial charge in [0.25, 0.3) is 5.17 Å². The summed E-state index contributed by atoms with van der Waals surface area (Å²) in [6.07, 6.45) is -0.299. The number of hydrogen-bond acceptors (Lipinski definition) is 7. The molecule has 12 heteroatoms. The number of carbonyl (C=O) groups is 2. The molecule has 0 unspecified atom stereocenters. The Balaban J connectivity index is 1.64. The molecule has 1 aromatic rings. The zero-order valence-electron chi connectivity index (χ0n) is 16.8. The van der Waals surface area contributed by atoms with Crippen LogP contribution in [0.25, 0.3) is 0 Å². The van der Waals surface area contributed by atoms with Crippen molar-refractivity contribution in [1.29, 1.82) is 0 Å². The Kier molecular flexibility index (Phi) is 7.11. The van der Waals surface area contributed by atoms with E-state index in [0.717, 1.165) is 0 Å². The zero-order chi connectivity index (χ0) is 21.7. The summed E-state index contributed by atoms with van der Waals surface area (Å²) < 4.78 is 25.0. The third kappa shape index (κ3) is 5.00. The molecule has 2 saturated heterocycles. The first-order chi connectivity index (χ1) is 14.4. The van der Waals surface area contributed by atoms with Crippen LogP contribution in [-0.4, -0.2) is 75.4 Å². The maximum atomic E-state index is 14.9. The summed E-state index contributed by atoms with van der Waals surface area (Å²) in [6.45, 7) is 1.94.